The van der Waals surface area contributed by atoms with Crippen LogP contribution in [-0.4, -0.2) is 42.1 Å². The smallest absolute Gasteiger partial charge is 0.122 e. The average Bonchev–Trinajstić information content (AvgIpc) is 2.46. The van der Waals surface area contributed by atoms with E-state index in [0.29, 0.717) is 12.5 Å². The van der Waals surface area contributed by atoms with E-state index in [1.165, 1.54) is 0 Å². The predicted octanol–water partition coefficient (Wildman–Crippen LogP) is 2.33. The molecule has 3 N–H and O–H groups in total. The Morgan fingerprint density at radius 1 is 1.24 bits per heavy atom. The quantitative estimate of drug-likeness (QED) is 0.654. The number of nitrogens with one attached hydrogen (secondary N) is 1. The van der Waals surface area contributed by atoms with Crippen LogP contribution in [0.1, 0.15) is 38.7 Å². The van der Waals surface area contributed by atoms with E-state index in [4.69, 9.17) is 9.84 Å². The highest BCUT2D eigenvalue weighted by molar-refractivity contribution is 5.85. The van der Waals surface area contributed by atoms with Crippen LogP contribution in [0.25, 0.3) is 0 Å². The summed E-state index contributed by atoms with van der Waals surface area (Å²) in [6, 6.07) is 7.94. The molecule has 0 heterocycles. The van der Waals surface area contributed by atoms with Gasteiger partial charge in [0.2, 0.25) is 0 Å². The summed E-state index contributed by atoms with van der Waals surface area (Å²) in [5.41, 5.74) is 1.15. The van der Waals surface area contributed by atoms with Gasteiger partial charge in [-0.15, -0.1) is 12.4 Å². The lowest BCUT2D eigenvalue weighted by Gasteiger charge is -2.19. The van der Waals surface area contributed by atoms with Crippen molar-refractivity contribution in [3.8, 4) is 5.75 Å². The van der Waals surface area contributed by atoms with Gasteiger partial charge in [0.1, 0.15) is 18.5 Å². The molecule has 0 aliphatic rings. The largest absolute Gasteiger partial charge is 0.491 e. The molecule has 0 saturated carbocycles. The number of aliphatic hydroxyl groups is 2. The van der Waals surface area contributed by atoms with Crippen LogP contribution in [0.5, 0.6) is 5.75 Å². The number of para-hydroxylation sites is 1. The highest BCUT2D eigenvalue weighted by Gasteiger charge is 2.11. The Labute approximate surface area is 133 Å². The molecule has 0 aromatic heterocycles. The van der Waals surface area contributed by atoms with Gasteiger partial charge in [0.05, 0.1) is 6.61 Å². The predicted molar refractivity (Wildman–Crippen MR) is 88.4 cm³/mol. The van der Waals surface area contributed by atoms with Gasteiger partial charge in [-0.2, -0.15) is 0 Å². The first-order valence-corrected chi connectivity index (χ1v) is 7.32. The van der Waals surface area contributed by atoms with Gasteiger partial charge in [0.15, 0.2) is 0 Å². The van der Waals surface area contributed by atoms with Crippen LogP contribution in [0.2, 0.25) is 0 Å². The minimum absolute atomic E-state index is 0. The standard InChI is InChI=1S/C16H27NO3.ClH/c1-4-13(10-18)17-9-14(19)11-20-16-8-6-5-7-15(16)12(2)3;/h5-8,12-14,17-19H,4,9-11H2,1-3H3;1H. The number of aliphatic hydroxyl groups excluding tert-OH is 2. The fourth-order valence-corrected chi connectivity index (χ4v) is 1.97. The Bertz CT molecular complexity index is 384. The maximum absolute atomic E-state index is 9.91. The molecule has 0 fully saturated rings. The molecule has 122 valence electrons. The molecule has 0 aliphatic carbocycles. The molecule has 0 radical (unpaired) electrons. The van der Waals surface area contributed by atoms with Gasteiger partial charge >= 0.3 is 0 Å². The minimum Gasteiger partial charge on any atom is -0.491 e. The van der Waals surface area contributed by atoms with Crippen molar-refractivity contribution in [1.29, 1.82) is 0 Å². The van der Waals surface area contributed by atoms with E-state index in [9.17, 15) is 5.11 Å². The van der Waals surface area contributed by atoms with E-state index < -0.39 is 6.10 Å². The van der Waals surface area contributed by atoms with Crippen molar-refractivity contribution in [2.24, 2.45) is 0 Å². The molecular weight excluding hydrogens is 290 g/mol. The minimum atomic E-state index is -0.587. The summed E-state index contributed by atoms with van der Waals surface area (Å²) in [5.74, 6) is 1.22. The van der Waals surface area contributed by atoms with Crippen LogP contribution in [-0.2, 0) is 0 Å². The van der Waals surface area contributed by atoms with Crippen LogP contribution in [0.4, 0.5) is 0 Å². The summed E-state index contributed by atoms with van der Waals surface area (Å²) in [6.07, 6.45) is 0.246. The van der Waals surface area contributed by atoms with Crippen molar-refractivity contribution < 1.29 is 14.9 Å². The number of halogens is 1. The van der Waals surface area contributed by atoms with Gasteiger partial charge in [0.25, 0.3) is 0 Å². The van der Waals surface area contributed by atoms with Gasteiger partial charge in [-0.25, -0.2) is 0 Å². The lowest BCUT2D eigenvalue weighted by atomic mass is 10.0. The fourth-order valence-electron chi connectivity index (χ4n) is 1.97. The molecule has 1 aromatic rings. The molecule has 2 atom stereocenters. The van der Waals surface area contributed by atoms with Crippen LogP contribution in [0, 0.1) is 0 Å². The Morgan fingerprint density at radius 2 is 1.90 bits per heavy atom. The summed E-state index contributed by atoms with van der Waals surface area (Å²) in [4.78, 5) is 0. The lowest BCUT2D eigenvalue weighted by molar-refractivity contribution is 0.0989. The Morgan fingerprint density at radius 3 is 2.48 bits per heavy atom. The topological polar surface area (TPSA) is 61.7 Å². The van der Waals surface area contributed by atoms with Crippen LogP contribution < -0.4 is 10.1 Å². The molecule has 0 spiro atoms. The Balaban J connectivity index is 0.00000400. The maximum Gasteiger partial charge on any atom is 0.122 e. The van der Waals surface area contributed by atoms with Gasteiger partial charge in [-0.1, -0.05) is 39.0 Å². The highest BCUT2D eigenvalue weighted by Crippen LogP contribution is 2.25. The summed E-state index contributed by atoms with van der Waals surface area (Å²) in [6.45, 7) is 6.98. The first-order chi connectivity index (χ1) is 9.58. The van der Waals surface area contributed by atoms with E-state index in [0.717, 1.165) is 17.7 Å². The van der Waals surface area contributed by atoms with Gasteiger partial charge in [0, 0.05) is 12.6 Å². The Hall–Kier alpha value is -0.810. The Kier molecular flexibility index (Phi) is 10.4. The summed E-state index contributed by atoms with van der Waals surface area (Å²) < 4.78 is 5.71. The van der Waals surface area contributed by atoms with Crippen LogP contribution in [0.3, 0.4) is 0 Å². The average molecular weight is 318 g/mol. The monoisotopic (exact) mass is 317 g/mol. The molecule has 0 saturated heterocycles. The summed E-state index contributed by atoms with van der Waals surface area (Å²) in [7, 11) is 0. The number of ether oxygens (including phenoxy) is 1. The van der Waals surface area contributed by atoms with Crippen molar-refractivity contribution in [3.05, 3.63) is 29.8 Å². The van der Waals surface area contributed by atoms with Crippen molar-refractivity contribution in [2.45, 2.75) is 45.3 Å². The van der Waals surface area contributed by atoms with Crippen molar-refractivity contribution in [3.63, 3.8) is 0 Å². The molecule has 0 bridgehead atoms. The SMILES string of the molecule is CCC(CO)NCC(O)COc1ccccc1C(C)C.Cl. The second kappa shape index (κ2) is 10.9. The number of benzene rings is 1. The third-order valence-electron chi connectivity index (χ3n) is 3.33. The van der Waals surface area contributed by atoms with E-state index >= 15 is 0 Å². The second-order valence-electron chi connectivity index (χ2n) is 5.35. The van der Waals surface area contributed by atoms with E-state index in [-0.39, 0.29) is 31.7 Å². The lowest BCUT2D eigenvalue weighted by Crippen LogP contribution is -2.39. The zero-order valence-electron chi connectivity index (χ0n) is 13.1. The van der Waals surface area contributed by atoms with E-state index in [1.807, 2.05) is 31.2 Å². The molecule has 1 rings (SSSR count). The van der Waals surface area contributed by atoms with E-state index in [1.54, 1.807) is 0 Å². The summed E-state index contributed by atoms with van der Waals surface area (Å²) >= 11 is 0. The molecule has 0 aliphatic heterocycles. The van der Waals surface area contributed by atoms with Gasteiger partial charge < -0.3 is 20.3 Å². The zero-order valence-corrected chi connectivity index (χ0v) is 13.9. The first-order valence-electron chi connectivity index (χ1n) is 7.32. The number of rotatable bonds is 9. The summed E-state index contributed by atoms with van der Waals surface area (Å²) in [5, 5.41) is 22.1. The molecule has 1 aromatic carbocycles. The zero-order chi connectivity index (χ0) is 15.0. The molecule has 2 unspecified atom stereocenters. The highest BCUT2D eigenvalue weighted by atomic mass is 35.5. The normalized spacial score (nSPS) is 13.6. The molecular formula is C16H28ClNO3. The number of hydrogen-bond acceptors (Lipinski definition) is 4. The molecule has 21 heavy (non-hydrogen) atoms. The van der Waals surface area contributed by atoms with Crippen molar-refractivity contribution >= 4 is 12.4 Å². The van der Waals surface area contributed by atoms with Gasteiger partial charge in [-0.05, 0) is 24.0 Å². The molecule has 4 nitrogen and oxygen atoms in total. The van der Waals surface area contributed by atoms with Gasteiger partial charge in [-0.3, -0.25) is 0 Å². The maximum atomic E-state index is 9.91. The third-order valence-corrected chi connectivity index (χ3v) is 3.33. The van der Waals surface area contributed by atoms with E-state index in [2.05, 4.69) is 19.2 Å². The first kappa shape index (κ1) is 20.2. The van der Waals surface area contributed by atoms with Crippen molar-refractivity contribution in [1.82, 2.24) is 5.32 Å². The fraction of sp³-hybridized carbons (Fsp3) is 0.625. The molecule has 0 amide bonds. The third kappa shape index (κ3) is 7.14. The van der Waals surface area contributed by atoms with Crippen LogP contribution in [0.15, 0.2) is 24.3 Å². The van der Waals surface area contributed by atoms with Crippen molar-refractivity contribution in [2.75, 3.05) is 19.8 Å². The van der Waals surface area contributed by atoms with Crippen LogP contribution >= 0.6 is 12.4 Å². The molecule has 5 heteroatoms. The number of hydrogen-bond donors (Lipinski definition) is 3. The second-order valence-corrected chi connectivity index (χ2v) is 5.35.